The van der Waals surface area contributed by atoms with E-state index in [0.717, 1.165) is 53.7 Å². The van der Waals surface area contributed by atoms with E-state index in [9.17, 15) is 13.2 Å². The summed E-state index contributed by atoms with van der Waals surface area (Å²) in [5.41, 5.74) is 2.23. The summed E-state index contributed by atoms with van der Waals surface area (Å²) in [6.45, 7) is 10.2. The summed E-state index contributed by atoms with van der Waals surface area (Å²) in [4.78, 5) is 23.8. The van der Waals surface area contributed by atoms with Crippen molar-refractivity contribution >= 4 is 37.9 Å². The van der Waals surface area contributed by atoms with Crippen LogP contribution >= 0.6 is 0 Å². The molecule has 9 nitrogen and oxygen atoms in total. The smallest absolute Gasteiger partial charge is 0.410 e. The number of hydrogen-bond acceptors (Lipinski definition) is 7. The van der Waals surface area contributed by atoms with E-state index in [-0.39, 0.29) is 17.5 Å². The summed E-state index contributed by atoms with van der Waals surface area (Å²) in [6, 6.07) is 7.75. The summed E-state index contributed by atoms with van der Waals surface area (Å²) in [5, 5.41) is 4.43. The van der Waals surface area contributed by atoms with Gasteiger partial charge in [0.05, 0.1) is 41.3 Å². The van der Waals surface area contributed by atoms with Gasteiger partial charge in [0, 0.05) is 18.5 Å². The molecule has 1 fully saturated rings. The zero-order chi connectivity index (χ0) is 25.2. The van der Waals surface area contributed by atoms with Crippen molar-refractivity contribution < 1.29 is 17.9 Å². The highest BCUT2D eigenvalue weighted by Crippen LogP contribution is 2.26. The quantitative estimate of drug-likeness (QED) is 0.447. The molecule has 1 amide bonds. The van der Waals surface area contributed by atoms with E-state index in [1.165, 1.54) is 0 Å². The van der Waals surface area contributed by atoms with Crippen molar-refractivity contribution in [1.82, 2.24) is 24.8 Å². The van der Waals surface area contributed by atoms with Crippen molar-refractivity contribution in [2.75, 3.05) is 24.6 Å². The third-order valence-electron chi connectivity index (χ3n) is 6.08. The van der Waals surface area contributed by atoms with Crippen molar-refractivity contribution in [3.63, 3.8) is 0 Å². The van der Waals surface area contributed by atoms with Crippen LogP contribution in [0.5, 0.6) is 0 Å². The number of carbonyl (C=O) groups excluding carboxylic acids is 1. The van der Waals surface area contributed by atoms with Gasteiger partial charge in [-0.05, 0) is 46.2 Å². The lowest BCUT2D eigenvalue weighted by Gasteiger charge is -2.37. The molecule has 0 aliphatic carbocycles. The predicted octanol–water partition coefficient (Wildman–Crippen LogP) is 3.51. The van der Waals surface area contributed by atoms with Crippen LogP contribution in [0.4, 0.5) is 4.79 Å². The minimum absolute atomic E-state index is 0.00419. The number of nitrogens with zero attached hydrogens (tertiary/aromatic N) is 4. The molecular weight excluding hydrogens is 466 g/mol. The highest BCUT2D eigenvalue weighted by molar-refractivity contribution is 7.92. The van der Waals surface area contributed by atoms with Crippen LogP contribution in [0, 0.1) is 0 Å². The zero-order valence-corrected chi connectivity index (χ0v) is 21.8. The van der Waals surface area contributed by atoms with Crippen LogP contribution in [-0.4, -0.2) is 70.2 Å². The summed E-state index contributed by atoms with van der Waals surface area (Å²) < 4.78 is 31.3. The van der Waals surface area contributed by atoms with Gasteiger partial charge in [0.15, 0.2) is 9.84 Å². The molecule has 35 heavy (non-hydrogen) atoms. The van der Waals surface area contributed by atoms with Crippen molar-refractivity contribution in [3.8, 4) is 0 Å². The van der Waals surface area contributed by atoms with E-state index in [0.29, 0.717) is 13.1 Å². The number of aryl methyl sites for hydroxylation is 1. The highest BCUT2D eigenvalue weighted by Gasteiger charge is 2.41. The first kappa shape index (κ1) is 25.4. The van der Waals surface area contributed by atoms with Gasteiger partial charge in [-0.3, -0.25) is 4.98 Å². The van der Waals surface area contributed by atoms with E-state index in [1.54, 1.807) is 4.90 Å². The molecule has 10 heteroatoms. The fourth-order valence-corrected chi connectivity index (χ4v) is 5.87. The molecule has 0 radical (unpaired) electrons. The Morgan fingerprint density at radius 3 is 2.63 bits per heavy atom. The molecule has 1 aliphatic heterocycles. The first-order valence-electron chi connectivity index (χ1n) is 12.2. The minimum Gasteiger partial charge on any atom is -0.444 e. The highest BCUT2D eigenvalue weighted by atomic mass is 32.2. The second-order valence-electron chi connectivity index (χ2n) is 10.1. The van der Waals surface area contributed by atoms with Gasteiger partial charge < -0.3 is 19.5 Å². The van der Waals surface area contributed by atoms with Gasteiger partial charge in [0.1, 0.15) is 16.9 Å². The Balaban J connectivity index is 1.51. The van der Waals surface area contributed by atoms with Gasteiger partial charge in [-0.2, -0.15) is 0 Å². The molecule has 1 N–H and O–H groups in total. The molecule has 0 bridgehead atoms. The molecule has 0 unspecified atom stereocenters. The number of unbranched alkanes of at least 4 members (excludes halogenated alkanes) is 1. The number of imidazole rings is 1. The predicted molar refractivity (Wildman–Crippen MR) is 137 cm³/mol. The summed E-state index contributed by atoms with van der Waals surface area (Å²) in [5.74, 6) is 0.961. The summed E-state index contributed by atoms with van der Waals surface area (Å²) in [6.07, 6.45) is 2.90. The topological polar surface area (TPSA) is 106 Å². The van der Waals surface area contributed by atoms with Crippen LogP contribution < -0.4 is 5.32 Å². The van der Waals surface area contributed by atoms with Crippen LogP contribution in [0.25, 0.3) is 21.9 Å². The first-order valence-corrected chi connectivity index (χ1v) is 14.0. The molecule has 1 saturated heterocycles. The molecule has 0 atom stereocenters. The Labute approximate surface area is 206 Å². The van der Waals surface area contributed by atoms with E-state index < -0.39 is 21.5 Å². The Hall–Kier alpha value is -2.72. The fraction of sp³-hybridized carbons (Fsp3) is 0.560. The van der Waals surface area contributed by atoms with Gasteiger partial charge in [-0.25, -0.2) is 18.2 Å². The average molecular weight is 502 g/mol. The third kappa shape index (κ3) is 5.92. The lowest BCUT2D eigenvalue weighted by Crippen LogP contribution is -2.56. The number of aromatic nitrogens is 3. The molecule has 3 aromatic rings. The Kier molecular flexibility index (Phi) is 7.32. The standard InChI is InChI=1S/C25H35N5O4S/c1-5-26-15-22-28-21-14-27-20-11-7-6-10-19(20)23(21)30(22)13-9-8-12-29(18-16-35(32,33)17-18)24(31)34-25(2,3)4/h6-7,10-11,14,18,26H,5,8-9,12-13,15-17H2,1-4H3. The second-order valence-corrected chi connectivity index (χ2v) is 12.2. The number of ether oxygens (including phenoxy) is 1. The van der Waals surface area contributed by atoms with Gasteiger partial charge in [0.25, 0.3) is 0 Å². The fourth-order valence-electron chi connectivity index (χ4n) is 4.44. The lowest BCUT2D eigenvalue weighted by atomic mass is 10.2. The molecule has 1 aromatic carbocycles. The Morgan fingerprint density at radius 2 is 1.94 bits per heavy atom. The molecule has 190 valence electrons. The number of fused-ring (bicyclic) bond motifs is 3. The monoisotopic (exact) mass is 501 g/mol. The number of hydrogen-bond donors (Lipinski definition) is 1. The second kappa shape index (κ2) is 10.1. The molecule has 4 rings (SSSR count). The summed E-state index contributed by atoms with van der Waals surface area (Å²) >= 11 is 0. The van der Waals surface area contributed by atoms with Gasteiger partial charge >= 0.3 is 6.09 Å². The van der Waals surface area contributed by atoms with Crippen LogP contribution in [0.1, 0.15) is 46.4 Å². The number of rotatable bonds is 9. The molecule has 0 spiro atoms. The number of benzene rings is 1. The van der Waals surface area contributed by atoms with E-state index in [2.05, 4.69) is 27.9 Å². The van der Waals surface area contributed by atoms with E-state index in [1.807, 2.05) is 45.2 Å². The van der Waals surface area contributed by atoms with Gasteiger partial charge in [0.2, 0.25) is 0 Å². The molecular formula is C25H35N5O4S. The van der Waals surface area contributed by atoms with Crippen LogP contribution in [0.15, 0.2) is 30.5 Å². The maximum atomic E-state index is 12.8. The zero-order valence-electron chi connectivity index (χ0n) is 21.0. The number of amides is 1. The van der Waals surface area contributed by atoms with Gasteiger partial charge in [-0.15, -0.1) is 0 Å². The van der Waals surface area contributed by atoms with Crippen molar-refractivity contribution in [2.24, 2.45) is 0 Å². The number of carbonyl (C=O) groups is 1. The normalized spacial score (nSPS) is 15.9. The SMILES string of the molecule is CCNCc1nc2cnc3ccccc3c2n1CCCCN(C(=O)OC(C)(C)C)C1CS(=O)(=O)C1. The van der Waals surface area contributed by atoms with E-state index in [4.69, 9.17) is 9.72 Å². The number of pyridine rings is 1. The average Bonchev–Trinajstić information content (AvgIpc) is 3.12. The Morgan fingerprint density at radius 1 is 1.20 bits per heavy atom. The van der Waals surface area contributed by atoms with Crippen LogP contribution in [0.2, 0.25) is 0 Å². The van der Waals surface area contributed by atoms with Crippen LogP contribution in [-0.2, 0) is 27.7 Å². The molecule has 3 heterocycles. The molecule has 0 saturated carbocycles. The maximum Gasteiger partial charge on any atom is 0.410 e. The lowest BCUT2D eigenvalue weighted by molar-refractivity contribution is 0.0181. The molecule has 2 aromatic heterocycles. The minimum atomic E-state index is -3.05. The van der Waals surface area contributed by atoms with Gasteiger partial charge in [-0.1, -0.05) is 25.1 Å². The van der Waals surface area contributed by atoms with Crippen molar-refractivity contribution in [3.05, 3.63) is 36.3 Å². The third-order valence-corrected chi connectivity index (χ3v) is 7.87. The first-order chi connectivity index (χ1) is 16.6. The maximum absolute atomic E-state index is 12.8. The molecule has 1 aliphatic rings. The number of nitrogens with one attached hydrogen (secondary N) is 1. The Bertz CT molecular complexity index is 1300. The largest absolute Gasteiger partial charge is 0.444 e. The number of sulfone groups is 1. The van der Waals surface area contributed by atoms with Crippen LogP contribution in [0.3, 0.4) is 0 Å². The van der Waals surface area contributed by atoms with Crippen molar-refractivity contribution in [2.45, 2.75) is 65.3 Å². The van der Waals surface area contributed by atoms with E-state index >= 15 is 0 Å². The summed E-state index contributed by atoms with van der Waals surface area (Å²) in [7, 11) is -3.05. The number of para-hydroxylation sites is 1. The van der Waals surface area contributed by atoms with Crippen molar-refractivity contribution in [1.29, 1.82) is 0 Å².